The molecule has 5 nitrogen and oxygen atoms in total. The number of hydrogen-bond acceptors (Lipinski definition) is 5. The Hall–Kier alpha value is -2.24. The number of nitrogens with two attached hydrogens (primary N) is 1. The lowest BCUT2D eigenvalue weighted by Gasteiger charge is -2.09. The molecule has 0 radical (unpaired) electrons. The first kappa shape index (κ1) is 19.8. The lowest BCUT2D eigenvalue weighted by Crippen LogP contribution is -2.06. The van der Waals surface area contributed by atoms with Crippen molar-refractivity contribution in [3.8, 4) is 11.5 Å². The molecular formula is C18H22ClNO4. The van der Waals surface area contributed by atoms with Gasteiger partial charge in [0.25, 0.3) is 0 Å². The van der Waals surface area contributed by atoms with E-state index in [9.17, 15) is 4.79 Å². The van der Waals surface area contributed by atoms with Crippen LogP contribution >= 0.6 is 12.4 Å². The molecule has 0 amide bonds. The maximum atomic E-state index is 11.4. The second-order valence-corrected chi connectivity index (χ2v) is 4.94. The zero-order chi connectivity index (χ0) is 16.5. The predicted molar refractivity (Wildman–Crippen MR) is 95.0 cm³/mol. The minimum absolute atomic E-state index is 0. The molecule has 0 atom stereocenters. The van der Waals surface area contributed by atoms with Crippen molar-refractivity contribution in [2.45, 2.75) is 13.0 Å². The molecule has 0 saturated heterocycles. The molecule has 2 aromatic carbocycles. The average Bonchev–Trinajstić information content (AvgIpc) is 2.61. The smallest absolute Gasteiger partial charge is 0.337 e. The first-order chi connectivity index (χ1) is 11.2. The number of rotatable bonds is 8. The minimum atomic E-state index is -0.345. The van der Waals surface area contributed by atoms with Gasteiger partial charge in [0.2, 0.25) is 0 Å². The van der Waals surface area contributed by atoms with Crippen LogP contribution in [0.3, 0.4) is 0 Å². The number of hydrogen-bond donors (Lipinski definition) is 1. The zero-order valence-electron chi connectivity index (χ0n) is 13.6. The number of carbonyl (C=O) groups is 1. The van der Waals surface area contributed by atoms with Gasteiger partial charge in [0.15, 0.2) is 0 Å². The topological polar surface area (TPSA) is 70.8 Å². The van der Waals surface area contributed by atoms with Crippen molar-refractivity contribution in [2.24, 2.45) is 5.73 Å². The van der Waals surface area contributed by atoms with Crippen LogP contribution in [0.1, 0.15) is 22.3 Å². The molecule has 2 N–H and O–H groups in total. The quantitative estimate of drug-likeness (QED) is 0.584. The second kappa shape index (κ2) is 10.5. The number of methoxy groups -OCH3 is 1. The van der Waals surface area contributed by atoms with Gasteiger partial charge >= 0.3 is 5.97 Å². The number of carbonyl (C=O) groups excluding carboxylic acids is 1. The molecule has 0 aliphatic carbocycles. The molecule has 0 heterocycles. The summed E-state index contributed by atoms with van der Waals surface area (Å²) in [6.07, 6.45) is 0.833. The molecular weight excluding hydrogens is 330 g/mol. The molecule has 0 aromatic heterocycles. The summed E-state index contributed by atoms with van der Waals surface area (Å²) >= 11 is 0. The minimum Gasteiger partial charge on any atom is -0.494 e. The second-order valence-electron chi connectivity index (χ2n) is 4.94. The van der Waals surface area contributed by atoms with Crippen molar-refractivity contribution in [3.05, 3.63) is 59.7 Å². The Bertz CT molecular complexity index is 614. The molecule has 130 valence electrons. The van der Waals surface area contributed by atoms with Crippen molar-refractivity contribution in [1.29, 1.82) is 0 Å². The van der Waals surface area contributed by atoms with Gasteiger partial charge in [0, 0.05) is 0 Å². The number of benzene rings is 2. The maximum absolute atomic E-state index is 11.4. The van der Waals surface area contributed by atoms with E-state index in [0.29, 0.717) is 25.3 Å². The van der Waals surface area contributed by atoms with Crippen LogP contribution in [-0.4, -0.2) is 26.2 Å². The molecule has 0 aliphatic heterocycles. The monoisotopic (exact) mass is 351 g/mol. The Kier molecular flexibility index (Phi) is 8.68. The first-order valence-corrected chi connectivity index (χ1v) is 7.46. The van der Waals surface area contributed by atoms with E-state index in [2.05, 4.69) is 4.74 Å². The third kappa shape index (κ3) is 6.10. The Labute approximate surface area is 148 Å². The third-order valence-electron chi connectivity index (χ3n) is 3.22. The lowest BCUT2D eigenvalue weighted by molar-refractivity contribution is 0.0600. The normalized spacial score (nSPS) is 9.75. The lowest BCUT2D eigenvalue weighted by atomic mass is 10.1. The van der Waals surface area contributed by atoms with Gasteiger partial charge in [-0.2, -0.15) is 0 Å². The van der Waals surface area contributed by atoms with Crippen LogP contribution in [0.2, 0.25) is 0 Å². The van der Waals surface area contributed by atoms with Crippen molar-refractivity contribution in [1.82, 2.24) is 0 Å². The highest BCUT2D eigenvalue weighted by Gasteiger charge is 2.04. The van der Waals surface area contributed by atoms with Gasteiger partial charge in [-0.3, -0.25) is 0 Å². The largest absolute Gasteiger partial charge is 0.494 e. The highest BCUT2D eigenvalue weighted by molar-refractivity contribution is 5.89. The predicted octanol–water partition coefficient (Wildman–Crippen LogP) is 3.20. The van der Waals surface area contributed by atoms with Gasteiger partial charge in [0.1, 0.15) is 18.1 Å². The fourth-order valence-corrected chi connectivity index (χ4v) is 1.93. The molecule has 0 bridgehead atoms. The van der Waals surface area contributed by atoms with Gasteiger partial charge in [-0.05, 0) is 54.9 Å². The van der Waals surface area contributed by atoms with Crippen molar-refractivity contribution in [3.63, 3.8) is 0 Å². The van der Waals surface area contributed by atoms with E-state index in [1.807, 2.05) is 36.4 Å². The molecule has 0 unspecified atom stereocenters. The van der Waals surface area contributed by atoms with E-state index in [1.54, 1.807) is 12.1 Å². The van der Waals surface area contributed by atoms with Crippen LogP contribution in [0.4, 0.5) is 0 Å². The van der Waals surface area contributed by atoms with Crippen LogP contribution in [0, 0.1) is 0 Å². The van der Waals surface area contributed by atoms with Crippen LogP contribution in [0.5, 0.6) is 11.5 Å². The van der Waals surface area contributed by atoms with E-state index in [4.69, 9.17) is 15.2 Å². The van der Waals surface area contributed by atoms with Gasteiger partial charge < -0.3 is 19.9 Å². The molecule has 6 heteroatoms. The summed E-state index contributed by atoms with van der Waals surface area (Å²) in [5.74, 6) is 1.21. The van der Waals surface area contributed by atoms with Gasteiger partial charge in [0.05, 0.1) is 19.3 Å². The van der Waals surface area contributed by atoms with Crippen LogP contribution in [0.15, 0.2) is 48.5 Å². The van der Waals surface area contributed by atoms with Crippen molar-refractivity contribution in [2.75, 3.05) is 20.3 Å². The van der Waals surface area contributed by atoms with E-state index in [1.165, 1.54) is 7.11 Å². The fourth-order valence-electron chi connectivity index (χ4n) is 1.93. The summed E-state index contributed by atoms with van der Waals surface area (Å²) in [5, 5.41) is 0. The maximum Gasteiger partial charge on any atom is 0.337 e. The summed E-state index contributed by atoms with van der Waals surface area (Å²) in [4.78, 5) is 11.4. The standard InChI is InChI=1S/C18H21NO4.ClH/c1-21-18(20)15-5-3-14(4-6-15)13-23-17-9-7-16(8-10-17)22-12-2-11-19;/h3-10H,2,11-13,19H2,1H3;1H. The first-order valence-electron chi connectivity index (χ1n) is 7.46. The highest BCUT2D eigenvalue weighted by Crippen LogP contribution is 2.19. The molecule has 24 heavy (non-hydrogen) atoms. The molecule has 2 aromatic rings. The Morgan fingerprint density at radius 2 is 1.54 bits per heavy atom. The number of ether oxygens (including phenoxy) is 3. The molecule has 0 saturated carbocycles. The van der Waals surface area contributed by atoms with Crippen molar-refractivity contribution < 1.29 is 19.0 Å². The molecule has 0 fully saturated rings. The van der Waals surface area contributed by atoms with Gasteiger partial charge in [-0.25, -0.2) is 4.79 Å². The Morgan fingerprint density at radius 3 is 2.08 bits per heavy atom. The van der Waals surface area contributed by atoms with E-state index >= 15 is 0 Å². The van der Waals surface area contributed by atoms with Crippen LogP contribution < -0.4 is 15.2 Å². The average molecular weight is 352 g/mol. The van der Waals surface area contributed by atoms with Gasteiger partial charge in [-0.1, -0.05) is 12.1 Å². The highest BCUT2D eigenvalue weighted by atomic mass is 35.5. The fraction of sp³-hybridized carbons (Fsp3) is 0.278. The summed E-state index contributed by atoms with van der Waals surface area (Å²) in [5.41, 5.74) is 6.92. The van der Waals surface area contributed by atoms with E-state index in [0.717, 1.165) is 23.5 Å². The number of esters is 1. The number of halogens is 1. The SMILES string of the molecule is COC(=O)c1ccc(COc2ccc(OCCCN)cc2)cc1.Cl. The van der Waals surface area contributed by atoms with Gasteiger partial charge in [-0.15, -0.1) is 12.4 Å². The van der Waals surface area contributed by atoms with E-state index in [-0.39, 0.29) is 18.4 Å². The zero-order valence-corrected chi connectivity index (χ0v) is 14.4. The van der Waals surface area contributed by atoms with E-state index < -0.39 is 0 Å². The van der Waals surface area contributed by atoms with Crippen LogP contribution in [0.25, 0.3) is 0 Å². The van der Waals surface area contributed by atoms with Crippen molar-refractivity contribution >= 4 is 18.4 Å². The summed E-state index contributed by atoms with van der Waals surface area (Å²) in [6, 6.07) is 14.6. The molecule has 0 aliphatic rings. The Morgan fingerprint density at radius 1 is 0.958 bits per heavy atom. The Balaban J connectivity index is 0.00000288. The summed E-state index contributed by atoms with van der Waals surface area (Å²) in [7, 11) is 1.36. The molecule has 0 spiro atoms. The third-order valence-corrected chi connectivity index (χ3v) is 3.22. The summed E-state index contributed by atoms with van der Waals surface area (Å²) in [6.45, 7) is 1.66. The molecule has 2 rings (SSSR count). The van der Waals surface area contributed by atoms with Crippen LogP contribution in [-0.2, 0) is 11.3 Å². The summed E-state index contributed by atoms with van der Waals surface area (Å²) < 4.78 is 15.9.